The van der Waals surface area contributed by atoms with E-state index in [1.165, 1.54) is 0 Å². The Labute approximate surface area is 156 Å². The van der Waals surface area contributed by atoms with Crippen LogP contribution in [0.3, 0.4) is 0 Å². The lowest BCUT2D eigenvalue weighted by molar-refractivity contribution is 0.1000. The average Bonchev–Trinajstić information content (AvgIpc) is 3.02. The van der Waals surface area contributed by atoms with Crippen molar-refractivity contribution >= 4 is 29.0 Å². The number of carbonyl (C=O) groups is 2. The molecule has 1 fully saturated rings. The highest BCUT2D eigenvalue weighted by molar-refractivity contribution is 7.09. The smallest absolute Gasteiger partial charge is 0.321 e. The fourth-order valence-corrected chi connectivity index (χ4v) is 3.53. The molecule has 7 nitrogen and oxygen atoms in total. The van der Waals surface area contributed by atoms with E-state index in [0.29, 0.717) is 24.3 Å². The highest BCUT2D eigenvalue weighted by Gasteiger charge is 2.22. The first-order valence-corrected chi connectivity index (χ1v) is 9.40. The number of rotatable bonds is 4. The van der Waals surface area contributed by atoms with Crippen LogP contribution in [0.5, 0.6) is 0 Å². The molecule has 2 heterocycles. The molecule has 3 amide bonds. The second kappa shape index (κ2) is 7.84. The Morgan fingerprint density at radius 3 is 2.58 bits per heavy atom. The molecule has 1 saturated heterocycles. The number of aryl methyl sites for hydroxylation is 2. The Kier molecular flexibility index (Phi) is 5.53. The summed E-state index contributed by atoms with van der Waals surface area (Å²) in [7, 11) is 0. The highest BCUT2D eigenvalue weighted by atomic mass is 32.1. The van der Waals surface area contributed by atoms with E-state index in [9.17, 15) is 9.59 Å². The second-order valence-corrected chi connectivity index (χ2v) is 7.51. The van der Waals surface area contributed by atoms with E-state index in [1.807, 2.05) is 13.8 Å². The van der Waals surface area contributed by atoms with Crippen molar-refractivity contribution in [2.45, 2.75) is 20.4 Å². The zero-order chi connectivity index (χ0) is 18.7. The molecular formula is C18H23N5O2S. The van der Waals surface area contributed by atoms with Crippen LogP contribution in [-0.4, -0.2) is 52.9 Å². The van der Waals surface area contributed by atoms with Crippen LogP contribution in [0.15, 0.2) is 23.6 Å². The van der Waals surface area contributed by atoms with Crippen LogP contribution in [0.1, 0.15) is 26.6 Å². The number of nitrogens with one attached hydrogen (secondary N) is 1. The molecular weight excluding hydrogens is 350 g/mol. The fourth-order valence-electron chi connectivity index (χ4n) is 2.92. The first kappa shape index (κ1) is 18.3. The largest absolute Gasteiger partial charge is 0.366 e. The van der Waals surface area contributed by atoms with Gasteiger partial charge in [0.15, 0.2) is 0 Å². The number of piperazine rings is 1. The van der Waals surface area contributed by atoms with Crippen molar-refractivity contribution in [3.8, 4) is 0 Å². The van der Waals surface area contributed by atoms with Crippen molar-refractivity contribution in [2.24, 2.45) is 5.73 Å². The van der Waals surface area contributed by atoms with Gasteiger partial charge in [0.25, 0.3) is 0 Å². The Bertz CT molecular complexity index is 812. The maximum absolute atomic E-state index is 12.5. The summed E-state index contributed by atoms with van der Waals surface area (Å²) in [5, 5.41) is 6.05. The van der Waals surface area contributed by atoms with E-state index in [0.717, 1.165) is 35.9 Å². The first-order chi connectivity index (χ1) is 12.4. The van der Waals surface area contributed by atoms with Gasteiger partial charge < -0.3 is 16.0 Å². The SMILES string of the molecule is Cc1nc(CN2CCN(C(=O)Nc3cc(C(N)=O)ccc3C)CC2)cs1. The lowest BCUT2D eigenvalue weighted by Gasteiger charge is -2.34. The van der Waals surface area contributed by atoms with Crippen LogP contribution in [-0.2, 0) is 6.54 Å². The standard InChI is InChI=1S/C18H23N5O2S/c1-12-3-4-14(17(19)24)9-16(12)21-18(25)23-7-5-22(6-8-23)10-15-11-26-13(2)20-15/h3-4,9,11H,5-8,10H2,1-2H3,(H2,19,24)(H,21,25). The molecule has 1 aliphatic heterocycles. The van der Waals surface area contributed by atoms with Gasteiger partial charge >= 0.3 is 6.03 Å². The van der Waals surface area contributed by atoms with Gasteiger partial charge in [0.2, 0.25) is 5.91 Å². The molecule has 0 unspecified atom stereocenters. The number of hydrogen-bond donors (Lipinski definition) is 2. The van der Waals surface area contributed by atoms with Crippen molar-refractivity contribution in [1.82, 2.24) is 14.8 Å². The molecule has 0 saturated carbocycles. The van der Waals surface area contributed by atoms with Gasteiger partial charge in [0.05, 0.1) is 10.7 Å². The number of urea groups is 1. The third-order valence-corrected chi connectivity index (χ3v) is 5.30. The number of nitrogens with two attached hydrogens (primary N) is 1. The number of hydrogen-bond acceptors (Lipinski definition) is 5. The maximum atomic E-state index is 12.5. The molecule has 2 aromatic rings. The van der Waals surface area contributed by atoms with Crippen molar-refractivity contribution in [1.29, 1.82) is 0 Å². The van der Waals surface area contributed by atoms with Gasteiger partial charge in [-0.05, 0) is 31.5 Å². The van der Waals surface area contributed by atoms with Crippen molar-refractivity contribution < 1.29 is 9.59 Å². The van der Waals surface area contributed by atoms with Crippen molar-refractivity contribution in [3.63, 3.8) is 0 Å². The Hall–Kier alpha value is -2.45. The highest BCUT2D eigenvalue weighted by Crippen LogP contribution is 2.18. The quantitative estimate of drug-likeness (QED) is 0.859. The van der Waals surface area contributed by atoms with E-state index in [-0.39, 0.29) is 6.03 Å². The van der Waals surface area contributed by atoms with E-state index in [4.69, 9.17) is 5.73 Å². The number of nitrogens with zero attached hydrogens (tertiary/aromatic N) is 3. The van der Waals surface area contributed by atoms with E-state index in [2.05, 4.69) is 20.6 Å². The topological polar surface area (TPSA) is 91.6 Å². The number of primary amides is 1. The minimum Gasteiger partial charge on any atom is -0.366 e. The summed E-state index contributed by atoms with van der Waals surface area (Å²) in [6, 6.07) is 4.91. The van der Waals surface area contributed by atoms with Crippen LogP contribution < -0.4 is 11.1 Å². The fraction of sp³-hybridized carbons (Fsp3) is 0.389. The monoisotopic (exact) mass is 373 g/mol. The normalized spacial score (nSPS) is 15.1. The van der Waals surface area contributed by atoms with Gasteiger partial charge in [-0.3, -0.25) is 9.69 Å². The number of aromatic nitrogens is 1. The minimum absolute atomic E-state index is 0.154. The van der Waals surface area contributed by atoms with Crippen LogP contribution in [0.2, 0.25) is 0 Å². The zero-order valence-corrected chi connectivity index (χ0v) is 15.8. The molecule has 1 aromatic heterocycles. The third kappa shape index (κ3) is 4.39. The molecule has 1 aliphatic rings. The number of amides is 3. The van der Waals surface area contributed by atoms with Gasteiger partial charge in [-0.2, -0.15) is 0 Å². The summed E-state index contributed by atoms with van der Waals surface area (Å²) in [5.74, 6) is -0.508. The molecule has 0 spiro atoms. The van der Waals surface area contributed by atoms with Gasteiger partial charge in [0, 0.05) is 49.4 Å². The molecule has 3 N–H and O–H groups in total. The molecule has 0 aliphatic carbocycles. The number of benzene rings is 1. The molecule has 0 atom stereocenters. The summed E-state index contributed by atoms with van der Waals surface area (Å²) < 4.78 is 0. The molecule has 0 radical (unpaired) electrons. The summed E-state index contributed by atoms with van der Waals surface area (Å²) >= 11 is 1.66. The Morgan fingerprint density at radius 1 is 1.23 bits per heavy atom. The first-order valence-electron chi connectivity index (χ1n) is 8.52. The summed E-state index contributed by atoms with van der Waals surface area (Å²) in [4.78, 5) is 32.5. The second-order valence-electron chi connectivity index (χ2n) is 6.45. The van der Waals surface area contributed by atoms with Crippen LogP contribution >= 0.6 is 11.3 Å². The van der Waals surface area contributed by atoms with Crippen molar-refractivity contribution in [2.75, 3.05) is 31.5 Å². The Balaban J connectivity index is 1.55. The molecule has 138 valence electrons. The predicted molar refractivity (Wildman–Crippen MR) is 102 cm³/mol. The van der Waals surface area contributed by atoms with Crippen LogP contribution in [0.25, 0.3) is 0 Å². The summed E-state index contributed by atoms with van der Waals surface area (Å²) in [6.07, 6.45) is 0. The summed E-state index contributed by atoms with van der Waals surface area (Å²) in [5.41, 5.74) is 8.29. The summed E-state index contributed by atoms with van der Waals surface area (Å²) in [6.45, 7) is 7.64. The number of anilines is 1. The third-order valence-electron chi connectivity index (χ3n) is 4.48. The zero-order valence-electron chi connectivity index (χ0n) is 15.0. The molecule has 8 heteroatoms. The van der Waals surface area contributed by atoms with E-state index >= 15 is 0 Å². The maximum Gasteiger partial charge on any atom is 0.321 e. The van der Waals surface area contributed by atoms with E-state index < -0.39 is 5.91 Å². The van der Waals surface area contributed by atoms with Crippen molar-refractivity contribution in [3.05, 3.63) is 45.4 Å². The van der Waals surface area contributed by atoms with Gasteiger partial charge in [0.1, 0.15) is 0 Å². The Morgan fingerprint density at radius 2 is 1.96 bits per heavy atom. The van der Waals surface area contributed by atoms with E-state index in [1.54, 1.807) is 34.4 Å². The van der Waals surface area contributed by atoms with Gasteiger partial charge in [-0.25, -0.2) is 9.78 Å². The van der Waals surface area contributed by atoms with Gasteiger partial charge in [-0.1, -0.05) is 6.07 Å². The molecule has 1 aromatic carbocycles. The molecule has 3 rings (SSSR count). The van der Waals surface area contributed by atoms with Crippen LogP contribution in [0.4, 0.5) is 10.5 Å². The minimum atomic E-state index is -0.508. The lowest BCUT2D eigenvalue weighted by atomic mass is 10.1. The lowest BCUT2D eigenvalue weighted by Crippen LogP contribution is -2.49. The van der Waals surface area contributed by atoms with Gasteiger partial charge in [-0.15, -0.1) is 11.3 Å². The molecule has 26 heavy (non-hydrogen) atoms. The number of carbonyl (C=O) groups excluding carboxylic acids is 2. The van der Waals surface area contributed by atoms with Crippen LogP contribution in [0, 0.1) is 13.8 Å². The molecule has 0 bridgehead atoms. The average molecular weight is 373 g/mol. The predicted octanol–water partition coefficient (Wildman–Crippen LogP) is 2.21. The number of thiazole rings is 1.